The number of nitrogens with zero attached hydrogens (tertiary/aromatic N) is 3. The highest BCUT2D eigenvalue weighted by Crippen LogP contribution is 2.27. The van der Waals surface area contributed by atoms with Crippen LogP contribution in [0.4, 0.5) is 5.69 Å². The smallest absolute Gasteiger partial charge is 0.309 e. The fourth-order valence-corrected chi connectivity index (χ4v) is 3.25. The number of benzene rings is 2. The van der Waals surface area contributed by atoms with Gasteiger partial charge in [0.15, 0.2) is 17.9 Å². The summed E-state index contributed by atoms with van der Waals surface area (Å²) in [6.45, 7) is 6.78. The van der Waals surface area contributed by atoms with Gasteiger partial charge in [-0.05, 0) is 31.5 Å². The molecule has 1 N–H and O–H groups in total. The number of carboxylic acid groups (broad SMARTS) is 1. The fraction of sp³-hybridized carbons (Fsp3) is 0.409. The molecule has 0 aromatic heterocycles. The zero-order valence-electron chi connectivity index (χ0n) is 16.8. The van der Waals surface area contributed by atoms with Crippen molar-refractivity contribution in [2.24, 2.45) is 0 Å². The first-order valence-electron chi connectivity index (χ1n) is 9.87. The number of carbonyl (C=O) groups is 1. The zero-order valence-corrected chi connectivity index (χ0v) is 16.8. The molecule has 1 heterocycles. The van der Waals surface area contributed by atoms with Crippen molar-refractivity contribution in [3.8, 4) is 11.5 Å². The third-order valence-electron chi connectivity index (χ3n) is 4.98. The van der Waals surface area contributed by atoms with E-state index in [1.165, 1.54) is 6.42 Å². The van der Waals surface area contributed by atoms with E-state index in [2.05, 4.69) is 30.9 Å². The van der Waals surface area contributed by atoms with Gasteiger partial charge in [-0.2, -0.15) is 0 Å². The second kappa shape index (κ2) is 8.87. The van der Waals surface area contributed by atoms with Crippen molar-refractivity contribution in [1.29, 1.82) is 0 Å². The molecule has 0 saturated carbocycles. The van der Waals surface area contributed by atoms with E-state index in [0.29, 0.717) is 12.3 Å². The zero-order chi connectivity index (χ0) is 20.1. The molecule has 0 unspecified atom stereocenters. The third-order valence-corrected chi connectivity index (χ3v) is 4.98. The third kappa shape index (κ3) is 4.50. The molecule has 1 aliphatic heterocycles. The van der Waals surface area contributed by atoms with Crippen molar-refractivity contribution in [3.05, 3.63) is 41.8 Å². The van der Waals surface area contributed by atoms with Gasteiger partial charge in [0, 0.05) is 30.9 Å². The number of anilines is 1. The molecule has 0 saturated heterocycles. The van der Waals surface area contributed by atoms with Crippen LogP contribution in [0.25, 0.3) is 22.6 Å². The Labute approximate surface area is 165 Å². The van der Waals surface area contributed by atoms with Crippen LogP contribution in [0.5, 0.6) is 0 Å². The molecule has 0 atom stereocenters. The molecule has 0 radical (unpaired) electrons. The number of unbranched alkanes of at least 4 members (excludes halogenated alkanes) is 1. The van der Waals surface area contributed by atoms with Gasteiger partial charge in [0.2, 0.25) is 5.36 Å². The summed E-state index contributed by atoms with van der Waals surface area (Å²) in [7, 11) is 1.88. The van der Waals surface area contributed by atoms with E-state index in [-0.39, 0.29) is 6.42 Å². The van der Waals surface area contributed by atoms with E-state index < -0.39 is 5.97 Å². The average molecular weight is 382 g/mol. The quantitative estimate of drug-likeness (QED) is 0.477. The van der Waals surface area contributed by atoms with Crippen molar-refractivity contribution in [2.45, 2.75) is 33.1 Å². The second-order valence-corrected chi connectivity index (χ2v) is 7.02. The van der Waals surface area contributed by atoms with Crippen LogP contribution in [0, 0.1) is 0 Å². The number of aromatic nitrogens is 1. The van der Waals surface area contributed by atoms with E-state index >= 15 is 0 Å². The highest BCUT2D eigenvalue weighted by atomic mass is 16.4. The summed E-state index contributed by atoms with van der Waals surface area (Å²) in [5.74, 6) is -0.109. The fourth-order valence-electron chi connectivity index (χ4n) is 3.25. The molecule has 3 rings (SSSR count). The molecule has 0 spiro atoms. The van der Waals surface area contributed by atoms with Gasteiger partial charge in [-0.3, -0.25) is 4.79 Å². The molecule has 6 nitrogen and oxygen atoms in total. The summed E-state index contributed by atoms with van der Waals surface area (Å²) in [6, 6.07) is 11.9. The maximum Gasteiger partial charge on any atom is 0.309 e. The van der Waals surface area contributed by atoms with Crippen LogP contribution in [-0.4, -0.2) is 42.7 Å². The molecule has 28 heavy (non-hydrogen) atoms. The van der Waals surface area contributed by atoms with E-state index in [4.69, 9.17) is 14.5 Å². The first-order chi connectivity index (χ1) is 13.5. The predicted octanol–water partition coefficient (Wildman–Crippen LogP) is 3.44. The standard InChI is InChI=1S/C22H27N3O3/c1-4-6-12-25(5-2)17-8-10-19-21(15-17)28-20-14-16(7-9-18(20)23-19)24(3)13-11-22(26)27/h7-10,14-15H,4-6,11-13H2,1-3H3/p+1. The largest absolute Gasteiger partial charge is 0.481 e. The van der Waals surface area contributed by atoms with E-state index in [9.17, 15) is 4.79 Å². The summed E-state index contributed by atoms with van der Waals surface area (Å²) < 4.78 is 8.08. The van der Waals surface area contributed by atoms with Gasteiger partial charge >= 0.3 is 5.97 Å². The van der Waals surface area contributed by atoms with Crippen molar-refractivity contribution in [1.82, 2.24) is 9.56 Å². The molecule has 0 bridgehead atoms. The Balaban J connectivity index is 2.01. The van der Waals surface area contributed by atoms with Crippen LogP contribution < -0.4 is 14.8 Å². The topological polar surface area (TPSA) is 69.6 Å². The molecular formula is C22H28N3O3+. The molecule has 0 amide bonds. The molecule has 1 aliphatic carbocycles. The Kier molecular flexibility index (Phi) is 6.29. The van der Waals surface area contributed by atoms with Gasteiger partial charge < -0.3 is 14.4 Å². The van der Waals surface area contributed by atoms with Gasteiger partial charge in [0.1, 0.15) is 24.7 Å². The number of hydrogen-bond acceptors (Lipinski definition) is 4. The Morgan fingerprint density at radius 1 is 1.21 bits per heavy atom. The minimum absolute atomic E-state index is 0.0929. The highest BCUT2D eigenvalue weighted by molar-refractivity contribution is 5.80. The Morgan fingerprint density at radius 2 is 2.04 bits per heavy atom. The lowest BCUT2D eigenvalue weighted by molar-refractivity contribution is -0.136. The van der Waals surface area contributed by atoms with Gasteiger partial charge in [-0.1, -0.05) is 13.3 Å². The lowest BCUT2D eigenvalue weighted by Crippen LogP contribution is -2.28. The van der Waals surface area contributed by atoms with Crippen LogP contribution in [0.1, 0.15) is 33.1 Å². The average Bonchev–Trinajstić information content (AvgIpc) is 2.70. The maximum absolute atomic E-state index is 10.8. The van der Waals surface area contributed by atoms with Crippen molar-refractivity contribution in [2.75, 3.05) is 31.6 Å². The van der Waals surface area contributed by atoms with Crippen LogP contribution >= 0.6 is 0 Å². The molecule has 6 heteroatoms. The molecule has 2 aliphatic rings. The maximum atomic E-state index is 10.8. The highest BCUT2D eigenvalue weighted by Gasteiger charge is 2.13. The minimum Gasteiger partial charge on any atom is -0.481 e. The van der Waals surface area contributed by atoms with Crippen molar-refractivity contribution in [3.63, 3.8) is 0 Å². The number of carboxylic acids is 1. The molecule has 1 aromatic rings. The van der Waals surface area contributed by atoms with Crippen LogP contribution in [-0.2, 0) is 4.79 Å². The van der Waals surface area contributed by atoms with E-state index in [0.717, 1.165) is 47.3 Å². The Morgan fingerprint density at radius 3 is 2.75 bits per heavy atom. The molecule has 148 valence electrons. The second-order valence-electron chi connectivity index (χ2n) is 7.02. The summed E-state index contributed by atoms with van der Waals surface area (Å²) in [5, 5.41) is 9.80. The summed E-state index contributed by atoms with van der Waals surface area (Å²) in [4.78, 5) is 17.9. The van der Waals surface area contributed by atoms with Crippen molar-refractivity contribution < 1.29 is 14.3 Å². The van der Waals surface area contributed by atoms with E-state index in [1.807, 2.05) is 35.9 Å². The van der Waals surface area contributed by atoms with Crippen LogP contribution in [0.3, 0.4) is 0 Å². The van der Waals surface area contributed by atoms with Gasteiger partial charge in [0.25, 0.3) is 0 Å². The molecule has 1 aromatic carbocycles. The SMILES string of the molecule is CCCCN(CC)c1ccc2nc3ccc(=[N+](C)CCC(=O)O)cc-3oc2c1. The minimum atomic E-state index is -0.805. The Hall–Kier alpha value is -2.89. The Bertz CT molecular complexity index is 1010. The molecular weight excluding hydrogens is 354 g/mol. The first-order valence-corrected chi connectivity index (χ1v) is 9.87. The number of aliphatic carboxylic acids is 1. The van der Waals surface area contributed by atoms with Crippen LogP contribution in [0.15, 0.2) is 40.8 Å². The van der Waals surface area contributed by atoms with Gasteiger partial charge in [0.05, 0.1) is 6.07 Å². The van der Waals surface area contributed by atoms with Gasteiger partial charge in [-0.25, -0.2) is 9.56 Å². The summed E-state index contributed by atoms with van der Waals surface area (Å²) in [6.07, 6.45) is 2.42. The predicted molar refractivity (Wildman–Crippen MR) is 112 cm³/mol. The lowest BCUT2D eigenvalue weighted by Gasteiger charge is -2.23. The monoisotopic (exact) mass is 382 g/mol. The van der Waals surface area contributed by atoms with Gasteiger partial charge in [-0.15, -0.1) is 0 Å². The number of hydrogen-bond donors (Lipinski definition) is 1. The number of rotatable bonds is 8. The van der Waals surface area contributed by atoms with E-state index in [1.54, 1.807) is 0 Å². The van der Waals surface area contributed by atoms with Crippen LogP contribution in [0.2, 0.25) is 0 Å². The lowest BCUT2D eigenvalue weighted by atomic mass is 10.2. The van der Waals surface area contributed by atoms with Crippen molar-refractivity contribution >= 4 is 22.8 Å². The normalized spacial score (nSPS) is 12.4. The number of fused-ring (bicyclic) bond motifs is 2. The molecule has 0 fully saturated rings. The summed E-state index contributed by atoms with van der Waals surface area (Å²) >= 11 is 0. The summed E-state index contributed by atoms with van der Waals surface area (Å²) in [5.41, 5.74) is 3.51. The first kappa shape index (κ1) is 19.9.